The number of hydrogen-bond acceptors (Lipinski definition) is 6. The lowest BCUT2D eigenvalue weighted by Gasteiger charge is -2.28. The maximum atomic E-state index is 15.2. The summed E-state index contributed by atoms with van der Waals surface area (Å²) in [5.74, 6) is -1.36. The van der Waals surface area contributed by atoms with E-state index in [0.717, 1.165) is 11.3 Å². The van der Waals surface area contributed by atoms with Crippen molar-refractivity contribution in [2.24, 2.45) is 5.73 Å². The lowest BCUT2D eigenvalue weighted by Crippen LogP contribution is -2.43. The minimum atomic E-state index is -0.692. The van der Waals surface area contributed by atoms with Crippen LogP contribution in [0.15, 0.2) is 66.0 Å². The molecule has 0 atom stereocenters. The Bertz CT molecular complexity index is 1660. The van der Waals surface area contributed by atoms with E-state index in [1.54, 1.807) is 30.5 Å². The van der Waals surface area contributed by atoms with Crippen molar-refractivity contribution in [3.8, 4) is 17.2 Å². The Labute approximate surface area is 268 Å². The maximum absolute atomic E-state index is 15.2. The third kappa shape index (κ3) is 8.22. The molecule has 0 aliphatic carbocycles. The number of nitrogens with zero attached hydrogens (tertiary/aromatic N) is 2. The first-order valence-electron chi connectivity index (χ1n) is 13.8. The molecule has 6 N–H and O–H groups in total. The Kier molecular flexibility index (Phi) is 10.9. The van der Waals surface area contributed by atoms with Gasteiger partial charge < -0.3 is 20.5 Å². The first-order chi connectivity index (χ1) is 21.4. The van der Waals surface area contributed by atoms with Crippen LogP contribution in [0.4, 0.5) is 13.2 Å². The predicted octanol–water partition coefficient (Wildman–Crippen LogP) is 6.35. The summed E-state index contributed by atoms with van der Waals surface area (Å²) in [5, 5.41) is 20.4. The van der Waals surface area contributed by atoms with Crippen molar-refractivity contribution in [3.63, 3.8) is 0 Å². The molecule has 0 fully saturated rings. The molecule has 0 unspecified atom stereocenters. The zero-order valence-corrected chi connectivity index (χ0v) is 26.4. The number of methoxy groups -OCH3 is 1. The highest BCUT2D eigenvalue weighted by Crippen LogP contribution is 2.39. The molecule has 0 radical (unpaired) electrons. The number of thioether (sulfide) groups is 1. The molecule has 4 rings (SSSR count). The summed E-state index contributed by atoms with van der Waals surface area (Å²) in [6.45, 7) is 4.53. The van der Waals surface area contributed by atoms with Gasteiger partial charge in [0.2, 0.25) is 0 Å². The van der Waals surface area contributed by atoms with Gasteiger partial charge >= 0.3 is 0 Å². The van der Waals surface area contributed by atoms with Crippen molar-refractivity contribution < 1.29 is 22.6 Å². The SMILES string of the molecule is COc1cc(C(C)(C)c2cnc(SCc3c(F)cc(OCCCNC(=N)NC(=N)N)cc3Cl)n2-c2ccc(F)cc2)ccc1F. The number of imidazole rings is 1. The molecule has 9 nitrogen and oxygen atoms in total. The molecule has 3 aromatic carbocycles. The monoisotopic (exact) mass is 659 g/mol. The molecule has 0 amide bonds. The van der Waals surface area contributed by atoms with Gasteiger partial charge in [-0.3, -0.25) is 20.7 Å². The van der Waals surface area contributed by atoms with E-state index in [2.05, 4.69) is 15.6 Å². The van der Waals surface area contributed by atoms with Crippen LogP contribution in [0, 0.1) is 28.3 Å². The number of benzene rings is 3. The largest absolute Gasteiger partial charge is 0.494 e. The van der Waals surface area contributed by atoms with Crippen molar-refractivity contribution in [2.75, 3.05) is 20.3 Å². The Morgan fingerprint density at radius 3 is 2.47 bits per heavy atom. The van der Waals surface area contributed by atoms with E-state index in [-0.39, 0.29) is 46.4 Å². The number of nitrogens with two attached hydrogens (primary N) is 1. The van der Waals surface area contributed by atoms with E-state index < -0.39 is 22.9 Å². The zero-order chi connectivity index (χ0) is 32.7. The van der Waals surface area contributed by atoms with Crippen LogP contribution < -0.4 is 25.8 Å². The van der Waals surface area contributed by atoms with Gasteiger partial charge in [-0.25, -0.2) is 18.2 Å². The van der Waals surface area contributed by atoms with Crippen molar-refractivity contribution in [1.29, 1.82) is 10.8 Å². The third-order valence-electron chi connectivity index (χ3n) is 6.94. The number of aromatic nitrogens is 2. The Morgan fingerprint density at radius 2 is 1.80 bits per heavy atom. The van der Waals surface area contributed by atoms with E-state index in [0.29, 0.717) is 23.8 Å². The van der Waals surface area contributed by atoms with Gasteiger partial charge in [-0.05, 0) is 54.4 Å². The highest BCUT2D eigenvalue weighted by molar-refractivity contribution is 7.98. The number of nitrogens with one attached hydrogen (secondary N) is 4. The molecule has 0 bridgehead atoms. The molecular weight excluding hydrogens is 627 g/mol. The third-order valence-corrected chi connectivity index (χ3v) is 8.26. The van der Waals surface area contributed by atoms with Crippen LogP contribution in [0.2, 0.25) is 5.02 Å². The smallest absolute Gasteiger partial charge is 0.195 e. The fourth-order valence-corrected chi connectivity index (χ4v) is 5.88. The van der Waals surface area contributed by atoms with Crippen molar-refractivity contribution >= 4 is 35.3 Å². The van der Waals surface area contributed by atoms with Crippen LogP contribution in [0.5, 0.6) is 11.5 Å². The standard InChI is InChI=1S/C31H33ClF3N7O2S/c1-31(2,18-5-10-24(34)26(13-18)43-3)27-16-40-30(42(27)20-8-6-19(33)7-9-20)45-17-22-23(32)14-21(15-25(22)35)44-12-4-11-39-29(38)41-28(36)37/h5-10,13-16H,4,11-12,17H2,1-3H3,(H6,36,37,38,39,41). The van der Waals surface area contributed by atoms with Crippen LogP contribution in [0.1, 0.15) is 37.1 Å². The molecule has 0 aliphatic rings. The molecule has 0 aliphatic heterocycles. The van der Waals surface area contributed by atoms with Crippen LogP contribution >= 0.6 is 23.4 Å². The second-order valence-corrected chi connectivity index (χ2v) is 11.8. The average Bonchev–Trinajstić information content (AvgIpc) is 3.41. The Hall–Kier alpha value is -4.36. The van der Waals surface area contributed by atoms with Crippen molar-refractivity contribution in [1.82, 2.24) is 20.2 Å². The first kappa shape index (κ1) is 33.5. The number of halogens is 4. The van der Waals surface area contributed by atoms with E-state index >= 15 is 4.39 Å². The van der Waals surface area contributed by atoms with Gasteiger partial charge in [0.15, 0.2) is 28.6 Å². The molecule has 45 heavy (non-hydrogen) atoms. The van der Waals surface area contributed by atoms with E-state index in [9.17, 15) is 8.78 Å². The summed E-state index contributed by atoms with van der Waals surface area (Å²) in [6.07, 6.45) is 2.19. The van der Waals surface area contributed by atoms with E-state index in [1.165, 1.54) is 49.2 Å². The summed E-state index contributed by atoms with van der Waals surface area (Å²) < 4.78 is 56.0. The van der Waals surface area contributed by atoms with Crippen molar-refractivity contribution in [2.45, 2.75) is 36.6 Å². The highest BCUT2D eigenvalue weighted by Gasteiger charge is 2.30. The van der Waals surface area contributed by atoms with Crippen LogP contribution in [-0.4, -0.2) is 41.7 Å². The zero-order valence-electron chi connectivity index (χ0n) is 24.8. The molecule has 0 spiro atoms. The molecule has 1 heterocycles. The summed E-state index contributed by atoms with van der Waals surface area (Å²) in [4.78, 5) is 4.64. The number of guanidine groups is 2. The second-order valence-electron chi connectivity index (χ2n) is 10.4. The van der Waals surface area contributed by atoms with E-state index in [4.69, 9.17) is 37.6 Å². The lowest BCUT2D eigenvalue weighted by molar-refractivity contribution is 0.309. The fraction of sp³-hybridized carbons (Fsp3) is 0.258. The van der Waals surface area contributed by atoms with Crippen molar-refractivity contribution in [3.05, 3.63) is 100 Å². The average molecular weight is 660 g/mol. The van der Waals surface area contributed by atoms with Gasteiger partial charge in [0, 0.05) is 35.0 Å². The fourth-order valence-electron chi connectivity index (χ4n) is 4.51. The quantitative estimate of drug-likeness (QED) is 0.0518. The van der Waals surface area contributed by atoms with Gasteiger partial charge in [0.25, 0.3) is 0 Å². The van der Waals surface area contributed by atoms with Gasteiger partial charge in [0.05, 0.1) is 30.6 Å². The normalized spacial score (nSPS) is 11.3. The molecular formula is C31H33ClF3N7O2S. The Morgan fingerprint density at radius 1 is 1.07 bits per heavy atom. The molecule has 4 aromatic rings. The second kappa shape index (κ2) is 14.6. The molecule has 238 valence electrons. The van der Waals surface area contributed by atoms with Gasteiger partial charge in [0.1, 0.15) is 17.4 Å². The Balaban J connectivity index is 1.53. The topological polar surface area (TPSA) is 134 Å². The van der Waals surface area contributed by atoms with E-state index in [1.807, 2.05) is 18.4 Å². The summed E-state index contributed by atoms with van der Waals surface area (Å²) in [6, 6.07) is 13.4. The summed E-state index contributed by atoms with van der Waals surface area (Å²) in [5.41, 5.74) is 6.89. The maximum Gasteiger partial charge on any atom is 0.195 e. The van der Waals surface area contributed by atoms with Gasteiger partial charge in [-0.15, -0.1) is 0 Å². The molecule has 14 heteroatoms. The molecule has 1 aromatic heterocycles. The lowest BCUT2D eigenvalue weighted by atomic mass is 9.81. The van der Waals surface area contributed by atoms with Gasteiger partial charge in [-0.1, -0.05) is 43.3 Å². The van der Waals surface area contributed by atoms with Crippen LogP contribution in [0.3, 0.4) is 0 Å². The summed E-state index contributed by atoms with van der Waals surface area (Å²) >= 11 is 7.74. The number of ether oxygens (including phenoxy) is 2. The minimum Gasteiger partial charge on any atom is -0.494 e. The predicted molar refractivity (Wildman–Crippen MR) is 170 cm³/mol. The van der Waals surface area contributed by atoms with Crippen LogP contribution in [0.25, 0.3) is 5.69 Å². The van der Waals surface area contributed by atoms with Crippen LogP contribution in [-0.2, 0) is 11.2 Å². The number of rotatable bonds is 12. The summed E-state index contributed by atoms with van der Waals surface area (Å²) in [7, 11) is 1.40. The first-order valence-corrected chi connectivity index (χ1v) is 15.1. The van der Waals surface area contributed by atoms with Gasteiger partial charge in [-0.2, -0.15) is 0 Å². The minimum absolute atomic E-state index is 0.107. The number of hydrogen-bond donors (Lipinski definition) is 5. The molecule has 0 saturated carbocycles. The molecule has 0 saturated heterocycles. The highest BCUT2D eigenvalue weighted by atomic mass is 35.5.